The number of hydrogen-bond acceptors (Lipinski definition) is 5. The third-order valence-corrected chi connectivity index (χ3v) is 3.11. The highest BCUT2D eigenvalue weighted by Crippen LogP contribution is 2.27. The number of ether oxygens (including phenoxy) is 2. The Labute approximate surface area is 114 Å². The minimum Gasteiger partial charge on any atom is -0.496 e. The summed E-state index contributed by atoms with van der Waals surface area (Å²) in [5, 5.41) is 9.80. The molecule has 2 unspecified atom stereocenters. The number of benzene rings is 1. The van der Waals surface area contributed by atoms with Crippen molar-refractivity contribution in [2.45, 2.75) is 12.1 Å². The second-order valence-corrected chi connectivity index (χ2v) is 4.54. The summed E-state index contributed by atoms with van der Waals surface area (Å²) in [5.41, 5.74) is 6.90. The number of para-hydroxylation sites is 1. The average Bonchev–Trinajstić information content (AvgIpc) is 2.40. The minimum absolute atomic E-state index is 0.00246. The smallest absolute Gasteiger partial charge is 0.123 e. The highest BCUT2D eigenvalue weighted by atomic mass is 16.5. The van der Waals surface area contributed by atoms with E-state index in [0.717, 1.165) is 11.3 Å². The van der Waals surface area contributed by atoms with Gasteiger partial charge in [-0.15, -0.1) is 0 Å². The lowest BCUT2D eigenvalue weighted by atomic mass is 10.0. The quantitative estimate of drug-likeness (QED) is 0.724. The molecule has 3 N–H and O–H groups in total. The van der Waals surface area contributed by atoms with E-state index in [1.165, 1.54) is 0 Å². The molecule has 19 heavy (non-hydrogen) atoms. The number of rotatable bonds is 8. The summed E-state index contributed by atoms with van der Waals surface area (Å²) in [6.07, 6.45) is -0.529. The third kappa shape index (κ3) is 4.47. The van der Waals surface area contributed by atoms with Crippen molar-refractivity contribution >= 4 is 0 Å². The van der Waals surface area contributed by atoms with Crippen LogP contribution in [0.1, 0.15) is 11.6 Å². The number of likely N-dealkylation sites (N-methyl/N-ethyl adjacent to an activating group) is 1. The van der Waals surface area contributed by atoms with Gasteiger partial charge < -0.3 is 20.3 Å². The second kappa shape index (κ2) is 8.12. The number of hydrogen-bond donors (Lipinski definition) is 2. The van der Waals surface area contributed by atoms with Crippen LogP contribution in [-0.2, 0) is 4.74 Å². The maximum absolute atomic E-state index is 9.80. The van der Waals surface area contributed by atoms with E-state index in [2.05, 4.69) is 0 Å². The molecule has 0 spiro atoms. The molecular formula is C14H24N2O3. The molecule has 5 nitrogen and oxygen atoms in total. The van der Waals surface area contributed by atoms with Crippen LogP contribution in [0.5, 0.6) is 5.75 Å². The zero-order chi connectivity index (χ0) is 14.3. The van der Waals surface area contributed by atoms with Crippen LogP contribution in [0, 0.1) is 0 Å². The van der Waals surface area contributed by atoms with Gasteiger partial charge in [0.25, 0.3) is 0 Å². The fourth-order valence-electron chi connectivity index (χ4n) is 2.19. The lowest BCUT2D eigenvalue weighted by molar-refractivity contribution is 0.0346. The molecule has 0 amide bonds. The predicted molar refractivity (Wildman–Crippen MR) is 75.3 cm³/mol. The molecule has 1 aromatic rings. The van der Waals surface area contributed by atoms with Gasteiger partial charge in [-0.2, -0.15) is 0 Å². The fourth-order valence-corrected chi connectivity index (χ4v) is 2.19. The fraction of sp³-hybridized carbons (Fsp3) is 0.571. The first-order valence-corrected chi connectivity index (χ1v) is 6.34. The molecule has 0 fully saturated rings. The topological polar surface area (TPSA) is 68.0 Å². The normalized spacial score (nSPS) is 14.4. The van der Waals surface area contributed by atoms with Crippen molar-refractivity contribution in [2.75, 3.05) is 41.0 Å². The van der Waals surface area contributed by atoms with Gasteiger partial charge >= 0.3 is 0 Å². The van der Waals surface area contributed by atoms with E-state index in [1.54, 1.807) is 14.2 Å². The summed E-state index contributed by atoms with van der Waals surface area (Å²) in [6, 6.07) is 7.80. The summed E-state index contributed by atoms with van der Waals surface area (Å²) in [6.45, 7) is 1.26. The standard InChI is InChI=1S/C14H24N2O3/c1-16(9-11(17)10-18-2)13(8-15)12-6-4-5-7-14(12)19-3/h4-7,11,13,17H,8-10,15H2,1-3H3. The van der Waals surface area contributed by atoms with E-state index < -0.39 is 6.10 Å². The highest BCUT2D eigenvalue weighted by molar-refractivity contribution is 5.36. The van der Waals surface area contributed by atoms with E-state index in [4.69, 9.17) is 15.2 Å². The average molecular weight is 268 g/mol. The van der Waals surface area contributed by atoms with Crippen LogP contribution in [0.2, 0.25) is 0 Å². The predicted octanol–water partition coefficient (Wildman–Crippen LogP) is 0.634. The Morgan fingerprint density at radius 1 is 1.32 bits per heavy atom. The van der Waals surface area contributed by atoms with Crippen LogP contribution in [0.15, 0.2) is 24.3 Å². The molecule has 0 heterocycles. The molecule has 1 aromatic carbocycles. The van der Waals surface area contributed by atoms with E-state index in [9.17, 15) is 5.11 Å². The first-order chi connectivity index (χ1) is 9.13. The Morgan fingerprint density at radius 2 is 2.00 bits per heavy atom. The molecule has 0 aliphatic carbocycles. The molecule has 108 valence electrons. The first-order valence-electron chi connectivity index (χ1n) is 6.34. The monoisotopic (exact) mass is 268 g/mol. The van der Waals surface area contributed by atoms with Gasteiger partial charge in [0.05, 0.1) is 25.9 Å². The van der Waals surface area contributed by atoms with Crippen LogP contribution < -0.4 is 10.5 Å². The van der Waals surface area contributed by atoms with Crippen molar-refractivity contribution in [1.29, 1.82) is 0 Å². The third-order valence-electron chi connectivity index (χ3n) is 3.11. The summed E-state index contributed by atoms with van der Waals surface area (Å²) >= 11 is 0. The van der Waals surface area contributed by atoms with Gasteiger partial charge in [0.15, 0.2) is 0 Å². The van der Waals surface area contributed by atoms with Crippen molar-refractivity contribution in [2.24, 2.45) is 5.73 Å². The molecular weight excluding hydrogens is 244 g/mol. The maximum Gasteiger partial charge on any atom is 0.123 e. The molecule has 1 rings (SSSR count). The molecule has 0 aliphatic heterocycles. The summed E-state index contributed by atoms with van der Waals surface area (Å²) in [5.74, 6) is 0.811. The Kier molecular flexibility index (Phi) is 6.80. The van der Waals surface area contributed by atoms with Gasteiger partial charge in [-0.25, -0.2) is 0 Å². The number of nitrogens with two attached hydrogens (primary N) is 1. The SMILES string of the molecule is COCC(O)CN(C)C(CN)c1ccccc1OC. The Morgan fingerprint density at radius 3 is 2.58 bits per heavy atom. The van der Waals surface area contributed by atoms with Gasteiger partial charge in [0, 0.05) is 25.8 Å². The molecule has 0 bridgehead atoms. The first kappa shape index (κ1) is 15.9. The van der Waals surface area contributed by atoms with Gasteiger partial charge in [0.1, 0.15) is 5.75 Å². The van der Waals surface area contributed by atoms with Gasteiger partial charge in [-0.1, -0.05) is 18.2 Å². The minimum atomic E-state index is -0.529. The van der Waals surface area contributed by atoms with Crippen LogP contribution in [-0.4, -0.2) is 57.1 Å². The summed E-state index contributed by atoms with van der Waals surface area (Å²) in [7, 11) is 5.15. The zero-order valence-electron chi connectivity index (χ0n) is 11.9. The summed E-state index contributed by atoms with van der Waals surface area (Å²) < 4.78 is 10.3. The molecule has 0 aliphatic rings. The van der Waals surface area contributed by atoms with Gasteiger partial charge in [0.2, 0.25) is 0 Å². The van der Waals surface area contributed by atoms with Crippen molar-refractivity contribution in [3.05, 3.63) is 29.8 Å². The zero-order valence-corrected chi connectivity index (χ0v) is 11.9. The molecule has 2 atom stereocenters. The van der Waals surface area contributed by atoms with Gasteiger partial charge in [-0.05, 0) is 13.1 Å². The van der Waals surface area contributed by atoms with Crippen molar-refractivity contribution < 1.29 is 14.6 Å². The van der Waals surface area contributed by atoms with Gasteiger partial charge in [-0.3, -0.25) is 4.90 Å². The Hall–Kier alpha value is -1.14. The van der Waals surface area contributed by atoms with Crippen LogP contribution in [0.25, 0.3) is 0 Å². The Bertz CT molecular complexity index is 373. The maximum atomic E-state index is 9.80. The van der Waals surface area contributed by atoms with Crippen LogP contribution >= 0.6 is 0 Å². The number of nitrogens with zero attached hydrogens (tertiary/aromatic N) is 1. The molecule has 0 saturated carbocycles. The molecule has 5 heteroatoms. The number of methoxy groups -OCH3 is 2. The van der Waals surface area contributed by atoms with E-state index in [1.807, 2.05) is 36.2 Å². The molecule has 0 aromatic heterocycles. The number of aliphatic hydroxyl groups excluding tert-OH is 1. The van der Waals surface area contributed by atoms with E-state index >= 15 is 0 Å². The van der Waals surface area contributed by atoms with Crippen LogP contribution in [0.4, 0.5) is 0 Å². The molecule has 0 saturated heterocycles. The summed E-state index contributed by atoms with van der Waals surface area (Å²) in [4.78, 5) is 2.02. The number of aliphatic hydroxyl groups is 1. The van der Waals surface area contributed by atoms with E-state index in [0.29, 0.717) is 19.7 Å². The lowest BCUT2D eigenvalue weighted by Crippen LogP contribution is -2.37. The molecule has 0 radical (unpaired) electrons. The van der Waals surface area contributed by atoms with E-state index in [-0.39, 0.29) is 6.04 Å². The largest absolute Gasteiger partial charge is 0.496 e. The van der Waals surface area contributed by atoms with Crippen molar-refractivity contribution in [3.63, 3.8) is 0 Å². The lowest BCUT2D eigenvalue weighted by Gasteiger charge is -2.30. The highest BCUT2D eigenvalue weighted by Gasteiger charge is 2.21. The van der Waals surface area contributed by atoms with Crippen LogP contribution in [0.3, 0.4) is 0 Å². The van der Waals surface area contributed by atoms with Crippen molar-refractivity contribution in [1.82, 2.24) is 4.90 Å². The second-order valence-electron chi connectivity index (χ2n) is 4.54. The Balaban J connectivity index is 2.81. The van der Waals surface area contributed by atoms with Crippen molar-refractivity contribution in [3.8, 4) is 5.75 Å².